The van der Waals surface area contributed by atoms with E-state index < -0.39 is 38.5 Å². The Hall–Kier alpha value is -2.32. The van der Waals surface area contributed by atoms with Crippen molar-refractivity contribution in [3.05, 3.63) is 59.7 Å². The average molecular weight is 368 g/mol. The van der Waals surface area contributed by atoms with Gasteiger partial charge in [0.05, 0.1) is 0 Å². The molecular formula is C17H18F2N2O3S. The van der Waals surface area contributed by atoms with Crippen molar-refractivity contribution in [3.8, 4) is 0 Å². The molecule has 0 atom stereocenters. The molecule has 0 unspecified atom stereocenters. The Morgan fingerprint density at radius 1 is 1.08 bits per heavy atom. The minimum absolute atomic E-state index is 0.00245. The maximum atomic E-state index is 14.0. The zero-order chi connectivity index (χ0) is 18.8. The number of benzene rings is 2. The van der Waals surface area contributed by atoms with Gasteiger partial charge in [0.25, 0.3) is 5.91 Å². The molecule has 1 amide bonds. The monoisotopic (exact) mass is 368 g/mol. The average Bonchev–Trinajstić information content (AvgIpc) is 2.53. The first-order chi connectivity index (χ1) is 11.6. The van der Waals surface area contributed by atoms with Crippen molar-refractivity contribution in [1.29, 1.82) is 0 Å². The molecule has 0 aliphatic heterocycles. The van der Waals surface area contributed by atoms with Crippen LogP contribution in [0.2, 0.25) is 0 Å². The first-order valence-electron chi connectivity index (χ1n) is 7.47. The highest BCUT2D eigenvalue weighted by Crippen LogP contribution is 2.20. The molecule has 0 spiro atoms. The van der Waals surface area contributed by atoms with Crippen molar-refractivity contribution in [2.75, 3.05) is 11.9 Å². The van der Waals surface area contributed by atoms with Crippen LogP contribution in [0.15, 0.2) is 47.4 Å². The highest BCUT2D eigenvalue weighted by Gasteiger charge is 2.23. The molecule has 8 heteroatoms. The minimum atomic E-state index is -4.09. The van der Waals surface area contributed by atoms with Gasteiger partial charge in [0.1, 0.15) is 16.5 Å². The molecule has 5 nitrogen and oxygen atoms in total. The van der Waals surface area contributed by atoms with E-state index >= 15 is 0 Å². The molecule has 0 aliphatic carbocycles. The van der Waals surface area contributed by atoms with Gasteiger partial charge in [0, 0.05) is 24.3 Å². The second-order valence-corrected chi connectivity index (χ2v) is 7.44. The highest BCUT2D eigenvalue weighted by atomic mass is 32.2. The van der Waals surface area contributed by atoms with Crippen molar-refractivity contribution in [2.24, 2.45) is 0 Å². The largest absolute Gasteiger partial charge is 0.311 e. The Kier molecular flexibility index (Phi) is 5.54. The number of anilines is 1. The summed E-state index contributed by atoms with van der Waals surface area (Å²) < 4.78 is 53.6. The summed E-state index contributed by atoms with van der Waals surface area (Å²) in [5.41, 5.74) is 0.415. The zero-order valence-electron chi connectivity index (χ0n) is 14.0. The fraction of sp³-hybridized carbons (Fsp3) is 0.235. The number of carbonyl (C=O) groups excluding carboxylic acids is 1. The summed E-state index contributed by atoms with van der Waals surface area (Å²) in [6, 6.07) is 7.92. The topological polar surface area (TPSA) is 66.5 Å². The third-order valence-corrected chi connectivity index (χ3v) is 5.05. The lowest BCUT2D eigenvalue weighted by Crippen LogP contribution is -2.31. The second-order valence-electron chi connectivity index (χ2n) is 5.76. The van der Waals surface area contributed by atoms with Gasteiger partial charge in [-0.15, -0.1) is 0 Å². The maximum Gasteiger partial charge on any atom is 0.258 e. The van der Waals surface area contributed by atoms with Crippen LogP contribution < -0.4 is 9.62 Å². The number of hydrogen-bond acceptors (Lipinski definition) is 3. The fourth-order valence-electron chi connectivity index (χ4n) is 2.19. The normalized spacial score (nSPS) is 11.6. The van der Waals surface area contributed by atoms with Crippen molar-refractivity contribution in [2.45, 2.75) is 24.8 Å². The first kappa shape index (κ1) is 19.0. The van der Waals surface area contributed by atoms with Gasteiger partial charge in [-0.05, 0) is 56.3 Å². The van der Waals surface area contributed by atoms with E-state index in [9.17, 15) is 22.0 Å². The van der Waals surface area contributed by atoms with Crippen molar-refractivity contribution in [1.82, 2.24) is 4.72 Å². The van der Waals surface area contributed by atoms with E-state index in [1.165, 1.54) is 42.3 Å². The maximum absolute atomic E-state index is 14.0. The number of rotatable bonds is 5. The Bertz CT molecular complexity index is 881. The van der Waals surface area contributed by atoms with E-state index in [0.29, 0.717) is 5.69 Å². The van der Waals surface area contributed by atoms with E-state index in [1.54, 1.807) is 13.8 Å². The van der Waals surface area contributed by atoms with Crippen LogP contribution >= 0.6 is 0 Å². The molecule has 0 aromatic heterocycles. The number of sulfonamides is 1. The number of amides is 1. The number of hydrogen-bond donors (Lipinski definition) is 1. The lowest BCUT2D eigenvalue weighted by atomic mass is 10.2. The molecule has 0 saturated heterocycles. The van der Waals surface area contributed by atoms with Crippen LogP contribution in [-0.4, -0.2) is 27.4 Å². The summed E-state index contributed by atoms with van der Waals surface area (Å²) in [5.74, 6) is -1.94. The predicted octanol–water partition coefficient (Wildman–Crippen LogP) is 2.93. The Morgan fingerprint density at radius 2 is 1.68 bits per heavy atom. The van der Waals surface area contributed by atoms with E-state index in [4.69, 9.17) is 0 Å². The number of nitrogens with one attached hydrogen (secondary N) is 1. The summed E-state index contributed by atoms with van der Waals surface area (Å²) in [6.45, 7) is 3.21. The van der Waals surface area contributed by atoms with Gasteiger partial charge in [-0.1, -0.05) is 0 Å². The molecule has 0 bridgehead atoms. The first-order valence-corrected chi connectivity index (χ1v) is 8.95. The Labute approximate surface area is 145 Å². The molecule has 2 aromatic rings. The van der Waals surface area contributed by atoms with Crippen LogP contribution in [0, 0.1) is 11.6 Å². The highest BCUT2D eigenvalue weighted by molar-refractivity contribution is 7.89. The van der Waals surface area contributed by atoms with Crippen LogP contribution in [0.3, 0.4) is 0 Å². The third kappa shape index (κ3) is 4.40. The molecular weight excluding hydrogens is 350 g/mol. The second kappa shape index (κ2) is 7.28. The van der Waals surface area contributed by atoms with E-state index in [2.05, 4.69) is 4.72 Å². The van der Waals surface area contributed by atoms with Gasteiger partial charge in [-0.3, -0.25) is 4.79 Å². The van der Waals surface area contributed by atoms with Crippen LogP contribution in [0.5, 0.6) is 0 Å². The molecule has 2 aromatic carbocycles. The quantitative estimate of drug-likeness (QED) is 0.882. The minimum Gasteiger partial charge on any atom is -0.311 e. The summed E-state index contributed by atoms with van der Waals surface area (Å²) in [5, 5.41) is 0. The standard InChI is InChI=1S/C17H18F2N2O3S/c1-11(2)20-25(23,24)16-10-12(4-9-15(16)19)17(22)21(3)14-7-5-13(18)6-8-14/h4-11,20H,1-3H3. The molecule has 25 heavy (non-hydrogen) atoms. The van der Waals surface area contributed by atoms with E-state index in [0.717, 1.165) is 12.1 Å². The summed E-state index contributed by atoms with van der Waals surface area (Å²) in [7, 11) is -2.63. The van der Waals surface area contributed by atoms with E-state index in [-0.39, 0.29) is 5.56 Å². The predicted molar refractivity (Wildman–Crippen MR) is 91.0 cm³/mol. The van der Waals surface area contributed by atoms with Crippen LogP contribution in [0.1, 0.15) is 24.2 Å². The molecule has 2 rings (SSSR count). The molecule has 1 N–H and O–H groups in total. The number of nitrogens with zero attached hydrogens (tertiary/aromatic N) is 1. The summed E-state index contributed by atoms with van der Waals surface area (Å²) in [4.78, 5) is 13.2. The summed E-state index contributed by atoms with van der Waals surface area (Å²) >= 11 is 0. The lowest BCUT2D eigenvalue weighted by Gasteiger charge is -2.18. The van der Waals surface area contributed by atoms with Gasteiger partial charge >= 0.3 is 0 Å². The third-order valence-electron chi connectivity index (χ3n) is 3.38. The Balaban J connectivity index is 2.38. The molecule has 0 radical (unpaired) electrons. The molecule has 134 valence electrons. The number of halogens is 2. The van der Waals surface area contributed by atoms with E-state index in [1.807, 2.05) is 0 Å². The fourth-order valence-corrected chi connectivity index (χ4v) is 3.55. The van der Waals surface area contributed by atoms with Gasteiger partial charge in [-0.2, -0.15) is 0 Å². The van der Waals surface area contributed by atoms with Crippen LogP contribution in [0.4, 0.5) is 14.5 Å². The van der Waals surface area contributed by atoms with Crippen molar-refractivity contribution >= 4 is 21.6 Å². The SMILES string of the molecule is CC(C)NS(=O)(=O)c1cc(C(=O)N(C)c2ccc(F)cc2)ccc1F. The molecule has 0 fully saturated rings. The molecule has 0 aliphatic rings. The molecule has 0 heterocycles. The van der Waals surface area contributed by atoms with Crippen molar-refractivity contribution < 1.29 is 22.0 Å². The lowest BCUT2D eigenvalue weighted by molar-refractivity contribution is 0.0992. The number of carbonyl (C=O) groups is 1. The smallest absolute Gasteiger partial charge is 0.258 e. The van der Waals surface area contributed by atoms with Crippen LogP contribution in [0.25, 0.3) is 0 Å². The molecule has 0 saturated carbocycles. The zero-order valence-corrected chi connectivity index (χ0v) is 14.8. The Morgan fingerprint density at radius 3 is 2.24 bits per heavy atom. The van der Waals surface area contributed by atoms with Gasteiger partial charge in [-0.25, -0.2) is 21.9 Å². The van der Waals surface area contributed by atoms with Gasteiger partial charge < -0.3 is 4.90 Å². The summed E-state index contributed by atoms with van der Waals surface area (Å²) in [6.07, 6.45) is 0. The van der Waals surface area contributed by atoms with Crippen molar-refractivity contribution in [3.63, 3.8) is 0 Å². The van der Waals surface area contributed by atoms with Gasteiger partial charge in [0.2, 0.25) is 10.0 Å². The van der Waals surface area contributed by atoms with Crippen LogP contribution in [-0.2, 0) is 10.0 Å². The van der Waals surface area contributed by atoms with Gasteiger partial charge in [0.15, 0.2) is 0 Å².